The molecule has 2 aromatic rings. The summed E-state index contributed by atoms with van der Waals surface area (Å²) in [6, 6.07) is 9.81. The highest BCUT2D eigenvalue weighted by atomic mass is 79.9. The number of carboxylic acids is 1. The third kappa shape index (κ3) is 5.47. The smallest absolute Gasteiger partial charge is 0.335 e. The van der Waals surface area contributed by atoms with Crippen molar-refractivity contribution in [2.75, 3.05) is 18.5 Å². The van der Waals surface area contributed by atoms with E-state index >= 15 is 0 Å². The molecule has 8 heteroatoms. The normalized spacial score (nSPS) is 10.2. The van der Waals surface area contributed by atoms with Crippen molar-refractivity contribution in [3.05, 3.63) is 50.9 Å². The van der Waals surface area contributed by atoms with Crippen LogP contribution in [0.2, 0.25) is 0 Å². The number of amides is 1. The lowest BCUT2D eigenvalue weighted by Gasteiger charge is -2.12. The van der Waals surface area contributed by atoms with Crippen LogP contribution in [0.15, 0.2) is 45.3 Å². The van der Waals surface area contributed by atoms with Crippen molar-refractivity contribution in [2.45, 2.75) is 6.92 Å². The van der Waals surface area contributed by atoms with Gasteiger partial charge in [0.05, 0.1) is 21.1 Å². The summed E-state index contributed by atoms with van der Waals surface area (Å²) in [5, 5.41) is 11.7. The van der Waals surface area contributed by atoms with Gasteiger partial charge in [0, 0.05) is 5.69 Å². The van der Waals surface area contributed by atoms with E-state index in [-0.39, 0.29) is 18.1 Å². The van der Waals surface area contributed by atoms with Crippen LogP contribution in [0, 0.1) is 0 Å². The van der Waals surface area contributed by atoms with Crippen molar-refractivity contribution in [2.24, 2.45) is 0 Å². The maximum absolute atomic E-state index is 12.0. The Balaban J connectivity index is 1.97. The quantitative estimate of drug-likeness (QED) is 0.626. The summed E-state index contributed by atoms with van der Waals surface area (Å²) in [4.78, 5) is 23.0. The first-order chi connectivity index (χ1) is 11.9. The Morgan fingerprint density at radius 2 is 1.68 bits per heavy atom. The Hall–Kier alpha value is -2.06. The fourth-order valence-electron chi connectivity index (χ4n) is 1.96. The minimum absolute atomic E-state index is 0.102. The van der Waals surface area contributed by atoms with Crippen molar-refractivity contribution in [1.82, 2.24) is 0 Å². The molecule has 1 amide bonds. The average Bonchev–Trinajstić information content (AvgIpc) is 2.56. The molecule has 0 aromatic heterocycles. The molecule has 0 unspecified atom stereocenters. The van der Waals surface area contributed by atoms with E-state index in [1.54, 1.807) is 24.3 Å². The Morgan fingerprint density at radius 1 is 1.08 bits per heavy atom. The summed E-state index contributed by atoms with van der Waals surface area (Å²) in [6.45, 7) is 2.24. The lowest BCUT2D eigenvalue weighted by molar-refractivity contribution is -0.118. The average molecular weight is 473 g/mol. The second kappa shape index (κ2) is 8.87. The van der Waals surface area contributed by atoms with Crippen molar-refractivity contribution >= 4 is 49.4 Å². The highest BCUT2D eigenvalue weighted by molar-refractivity contribution is 9.11. The molecule has 0 saturated carbocycles. The summed E-state index contributed by atoms with van der Waals surface area (Å²) in [7, 11) is 0. The van der Waals surface area contributed by atoms with E-state index in [1.165, 1.54) is 12.1 Å². The second-order valence-corrected chi connectivity index (χ2v) is 6.58. The zero-order valence-corrected chi connectivity index (χ0v) is 16.4. The third-order valence-corrected chi connectivity index (χ3v) is 4.22. The van der Waals surface area contributed by atoms with E-state index < -0.39 is 5.97 Å². The highest BCUT2D eigenvalue weighted by Gasteiger charge is 2.14. The SMILES string of the molecule is CCOc1ccc(NC(=O)COc2c(Br)cc(C(=O)O)cc2Br)cc1. The van der Waals surface area contributed by atoms with Crippen LogP contribution in [0.25, 0.3) is 0 Å². The van der Waals surface area contributed by atoms with Gasteiger partial charge in [-0.15, -0.1) is 0 Å². The highest BCUT2D eigenvalue weighted by Crippen LogP contribution is 2.34. The molecular weight excluding hydrogens is 458 g/mol. The molecule has 0 atom stereocenters. The van der Waals surface area contributed by atoms with Crippen molar-refractivity contribution in [1.29, 1.82) is 0 Å². The Kier molecular flexibility index (Phi) is 6.83. The first-order valence-electron chi connectivity index (χ1n) is 7.28. The van der Waals surface area contributed by atoms with Gasteiger partial charge in [0.1, 0.15) is 11.5 Å². The van der Waals surface area contributed by atoms with Gasteiger partial charge in [0.15, 0.2) is 6.61 Å². The summed E-state index contributed by atoms with van der Waals surface area (Å²) < 4.78 is 11.7. The number of rotatable bonds is 7. The number of hydrogen-bond acceptors (Lipinski definition) is 4. The molecule has 0 heterocycles. The predicted octanol–water partition coefficient (Wildman–Crippen LogP) is 4.33. The third-order valence-electron chi connectivity index (χ3n) is 3.04. The van der Waals surface area contributed by atoms with Gasteiger partial charge >= 0.3 is 5.97 Å². The topological polar surface area (TPSA) is 84.9 Å². The first-order valence-corrected chi connectivity index (χ1v) is 8.87. The molecule has 0 saturated heterocycles. The standard InChI is InChI=1S/C17H15Br2NO5/c1-2-24-12-5-3-11(4-6-12)20-15(21)9-25-16-13(18)7-10(17(22)23)8-14(16)19/h3-8H,2,9H2,1H3,(H,20,21)(H,22,23). The number of carboxylic acid groups (broad SMARTS) is 1. The molecular formula is C17H15Br2NO5. The molecule has 0 spiro atoms. The van der Waals surface area contributed by atoms with E-state index in [0.29, 0.717) is 27.0 Å². The van der Waals surface area contributed by atoms with Gasteiger partial charge in [-0.3, -0.25) is 4.79 Å². The van der Waals surface area contributed by atoms with Crippen LogP contribution in [0.1, 0.15) is 17.3 Å². The molecule has 132 valence electrons. The minimum atomic E-state index is -1.05. The van der Waals surface area contributed by atoms with E-state index in [2.05, 4.69) is 37.2 Å². The first kappa shape index (κ1) is 19.3. The molecule has 2 rings (SSSR count). The number of ether oxygens (including phenoxy) is 2. The largest absolute Gasteiger partial charge is 0.494 e. The second-order valence-electron chi connectivity index (χ2n) is 4.87. The molecule has 0 bridgehead atoms. The summed E-state index contributed by atoms with van der Waals surface area (Å²) in [5.74, 6) is -0.318. The minimum Gasteiger partial charge on any atom is -0.494 e. The number of benzene rings is 2. The molecule has 0 fully saturated rings. The van der Waals surface area contributed by atoms with Gasteiger partial charge < -0.3 is 19.9 Å². The summed E-state index contributed by atoms with van der Waals surface area (Å²) in [5.41, 5.74) is 0.723. The van der Waals surface area contributed by atoms with Crippen molar-refractivity contribution in [3.63, 3.8) is 0 Å². The molecule has 2 aromatic carbocycles. The van der Waals surface area contributed by atoms with Crippen LogP contribution in [0.3, 0.4) is 0 Å². The zero-order chi connectivity index (χ0) is 18.4. The molecule has 6 nitrogen and oxygen atoms in total. The fraction of sp³-hybridized carbons (Fsp3) is 0.176. The number of halogens is 2. The van der Waals surface area contributed by atoms with Gasteiger partial charge in [0.2, 0.25) is 0 Å². The van der Waals surface area contributed by atoms with Gasteiger partial charge in [-0.25, -0.2) is 4.79 Å². The summed E-state index contributed by atoms with van der Waals surface area (Å²) in [6.07, 6.45) is 0. The van der Waals surface area contributed by atoms with Gasteiger partial charge in [-0.2, -0.15) is 0 Å². The zero-order valence-electron chi connectivity index (χ0n) is 13.2. The number of carbonyl (C=O) groups excluding carboxylic acids is 1. The lowest BCUT2D eigenvalue weighted by atomic mass is 10.2. The number of hydrogen-bond donors (Lipinski definition) is 2. The van der Waals surface area contributed by atoms with Crippen LogP contribution in [-0.4, -0.2) is 30.2 Å². The fourth-order valence-corrected chi connectivity index (χ4v) is 3.37. The molecule has 25 heavy (non-hydrogen) atoms. The van der Waals surface area contributed by atoms with Crippen molar-refractivity contribution < 1.29 is 24.2 Å². The van der Waals surface area contributed by atoms with E-state index in [9.17, 15) is 9.59 Å². The van der Waals surface area contributed by atoms with Crippen LogP contribution < -0.4 is 14.8 Å². The number of carbonyl (C=O) groups is 2. The molecule has 0 aliphatic rings. The van der Waals surface area contributed by atoms with Crippen LogP contribution in [-0.2, 0) is 4.79 Å². The van der Waals surface area contributed by atoms with E-state index in [1.807, 2.05) is 6.92 Å². The van der Waals surface area contributed by atoms with Gasteiger partial charge in [-0.1, -0.05) is 0 Å². The maximum atomic E-state index is 12.0. The molecule has 2 N–H and O–H groups in total. The molecule has 0 aliphatic heterocycles. The van der Waals surface area contributed by atoms with Crippen LogP contribution >= 0.6 is 31.9 Å². The van der Waals surface area contributed by atoms with Gasteiger partial charge in [0.25, 0.3) is 5.91 Å². The van der Waals surface area contributed by atoms with E-state index in [0.717, 1.165) is 5.75 Å². The number of aromatic carboxylic acids is 1. The maximum Gasteiger partial charge on any atom is 0.335 e. The van der Waals surface area contributed by atoms with Crippen LogP contribution in [0.4, 0.5) is 5.69 Å². The molecule has 0 aliphatic carbocycles. The van der Waals surface area contributed by atoms with Crippen LogP contribution in [0.5, 0.6) is 11.5 Å². The van der Waals surface area contributed by atoms with Crippen molar-refractivity contribution in [3.8, 4) is 11.5 Å². The Bertz CT molecular complexity index is 754. The van der Waals surface area contributed by atoms with E-state index in [4.69, 9.17) is 14.6 Å². The Labute approximate surface area is 161 Å². The van der Waals surface area contributed by atoms with Gasteiger partial charge in [-0.05, 0) is 75.2 Å². The number of anilines is 1. The monoisotopic (exact) mass is 471 g/mol. The Morgan fingerprint density at radius 3 is 2.20 bits per heavy atom. The summed E-state index contributed by atoms with van der Waals surface area (Å²) >= 11 is 6.48. The lowest BCUT2D eigenvalue weighted by Crippen LogP contribution is -2.20. The predicted molar refractivity (Wildman–Crippen MR) is 101 cm³/mol. The molecule has 0 radical (unpaired) electrons. The number of nitrogens with one attached hydrogen (secondary N) is 1.